The fourth-order valence-corrected chi connectivity index (χ4v) is 3.80. The number of carbonyl (C=O) groups excluding carboxylic acids is 1. The molecule has 0 atom stereocenters. The molecule has 5 heteroatoms. The van der Waals surface area contributed by atoms with Crippen molar-refractivity contribution in [3.05, 3.63) is 95.1 Å². The van der Waals surface area contributed by atoms with Crippen LogP contribution in [0.5, 0.6) is 17.2 Å². The van der Waals surface area contributed by atoms with Gasteiger partial charge in [-0.15, -0.1) is 0 Å². The van der Waals surface area contributed by atoms with Gasteiger partial charge in [-0.25, -0.2) is 0 Å². The molecular weight excluding hydrogens is 426 g/mol. The fourth-order valence-electron chi connectivity index (χ4n) is 3.80. The van der Waals surface area contributed by atoms with Gasteiger partial charge in [0.25, 0.3) is 0 Å². The molecule has 178 valence electrons. The molecule has 3 aromatic carbocycles. The van der Waals surface area contributed by atoms with Crippen LogP contribution in [-0.4, -0.2) is 45.2 Å². The number of hydrogen-bond donors (Lipinski definition) is 0. The summed E-state index contributed by atoms with van der Waals surface area (Å²) in [6.45, 7) is 3.23. The Morgan fingerprint density at radius 2 is 1.50 bits per heavy atom. The van der Waals surface area contributed by atoms with Crippen molar-refractivity contribution in [1.29, 1.82) is 0 Å². The van der Waals surface area contributed by atoms with E-state index < -0.39 is 0 Å². The molecule has 3 aromatic rings. The molecule has 0 saturated carbocycles. The third kappa shape index (κ3) is 7.14. The molecule has 1 amide bonds. The van der Waals surface area contributed by atoms with Crippen LogP contribution in [0.1, 0.15) is 23.6 Å². The Balaban J connectivity index is 1.76. The van der Waals surface area contributed by atoms with Crippen molar-refractivity contribution in [1.82, 2.24) is 4.90 Å². The van der Waals surface area contributed by atoms with Crippen LogP contribution in [0, 0.1) is 0 Å². The first-order valence-electron chi connectivity index (χ1n) is 11.4. The Labute approximate surface area is 202 Å². The van der Waals surface area contributed by atoms with Gasteiger partial charge in [0.05, 0.1) is 27.8 Å². The molecule has 3 rings (SSSR count). The number of methoxy groups -OCH3 is 3. The summed E-state index contributed by atoms with van der Waals surface area (Å²) in [6.07, 6.45) is 3.19. The van der Waals surface area contributed by atoms with Crippen molar-refractivity contribution in [3.63, 3.8) is 0 Å². The topological polar surface area (TPSA) is 48.0 Å². The number of carbonyl (C=O) groups is 1. The third-order valence-corrected chi connectivity index (χ3v) is 5.64. The fraction of sp³-hybridized carbons (Fsp3) is 0.276. The second-order valence-corrected chi connectivity index (χ2v) is 8.18. The van der Waals surface area contributed by atoms with E-state index in [4.69, 9.17) is 14.2 Å². The van der Waals surface area contributed by atoms with Crippen LogP contribution in [0.15, 0.2) is 78.4 Å². The maximum atomic E-state index is 13.3. The van der Waals surface area contributed by atoms with Gasteiger partial charge in [-0.05, 0) is 54.3 Å². The van der Waals surface area contributed by atoms with Crippen LogP contribution in [-0.2, 0) is 17.6 Å². The summed E-state index contributed by atoms with van der Waals surface area (Å²) < 4.78 is 16.0. The zero-order valence-electron chi connectivity index (χ0n) is 20.4. The first kappa shape index (κ1) is 24.9. The quantitative estimate of drug-likeness (QED) is 0.384. The van der Waals surface area contributed by atoms with E-state index in [2.05, 4.69) is 25.1 Å². The minimum Gasteiger partial charge on any atom is -0.497 e. The third-order valence-electron chi connectivity index (χ3n) is 5.64. The SMILES string of the molecule is COc1ccc(CC(=O)N(CCc2ccc(OC)c(OC)c2)C/C(C)=C/c2ccccc2)cc1. The van der Waals surface area contributed by atoms with Gasteiger partial charge in [-0.2, -0.15) is 0 Å². The maximum Gasteiger partial charge on any atom is 0.227 e. The Hall–Kier alpha value is -3.73. The zero-order valence-corrected chi connectivity index (χ0v) is 20.4. The first-order valence-corrected chi connectivity index (χ1v) is 11.4. The highest BCUT2D eigenvalue weighted by atomic mass is 16.5. The second kappa shape index (κ2) is 12.5. The highest BCUT2D eigenvalue weighted by Gasteiger charge is 2.16. The Morgan fingerprint density at radius 3 is 2.15 bits per heavy atom. The number of ether oxygens (including phenoxy) is 3. The predicted molar refractivity (Wildman–Crippen MR) is 137 cm³/mol. The Kier molecular flexibility index (Phi) is 9.15. The molecule has 0 N–H and O–H groups in total. The van der Waals surface area contributed by atoms with Crippen LogP contribution in [0.2, 0.25) is 0 Å². The summed E-state index contributed by atoms with van der Waals surface area (Å²) in [5.74, 6) is 2.26. The van der Waals surface area contributed by atoms with Crippen molar-refractivity contribution in [2.75, 3.05) is 34.4 Å². The lowest BCUT2D eigenvalue weighted by Gasteiger charge is -2.24. The molecule has 0 aliphatic carbocycles. The van der Waals surface area contributed by atoms with Crippen molar-refractivity contribution < 1.29 is 19.0 Å². The number of hydrogen-bond acceptors (Lipinski definition) is 4. The lowest BCUT2D eigenvalue weighted by Crippen LogP contribution is -2.35. The minimum absolute atomic E-state index is 0.0893. The average molecular weight is 460 g/mol. The van der Waals surface area contributed by atoms with E-state index in [-0.39, 0.29) is 5.91 Å². The van der Waals surface area contributed by atoms with Crippen LogP contribution in [0.3, 0.4) is 0 Å². The minimum atomic E-state index is 0.0893. The van der Waals surface area contributed by atoms with Gasteiger partial charge in [0.1, 0.15) is 5.75 Å². The van der Waals surface area contributed by atoms with E-state index in [1.54, 1.807) is 21.3 Å². The summed E-state index contributed by atoms with van der Waals surface area (Å²) in [7, 11) is 4.89. The van der Waals surface area contributed by atoms with E-state index in [1.807, 2.05) is 65.6 Å². The summed E-state index contributed by atoms with van der Waals surface area (Å²) in [5.41, 5.74) is 4.31. The molecule has 0 saturated heterocycles. The van der Waals surface area contributed by atoms with Crippen LogP contribution >= 0.6 is 0 Å². The number of benzene rings is 3. The number of rotatable bonds is 11. The molecule has 0 aliphatic rings. The van der Waals surface area contributed by atoms with Crippen LogP contribution in [0.25, 0.3) is 6.08 Å². The Morgan fingerprint density at radius 1 is 0.824 bits per heavy atom. The summed E-state index contributed by atoms with van der Waals surface area (Å²) in [4.78, 5) is 15.2. The van der Waals surface area contributed by atoms with E-state index in [0.29, 0.717) is 37.4 Å². The summed E-state index contributed by atoms with van der Waals surface area (Å²) >= 11 is 0. The van der Waals surface area contributed by atoms with Crippen molar-refractivity contribution in [2.24, 2.45) is 0 Å². The summed E-state index contributed by atoms with van der Waals surface area (Å²) in [5, 5.41) is 0. The number of nitrogens with zero attached hydrogens (tertiary/aromatic N) is 1. The molecule has 0 heterocycles. The van der Waals surface area contributed by atoms with Crippen molar-refractivity contribution in [2.45, 2.75) is 19.8 Å². The smallest absolute Gasteiger partial charge is 0.227 e. The van der Waals surface area contributed by atoms with Gasteiger partial charge >= 0.3 is 0 Å². The zero-order chi connectivity index (χ0) is 24.3. The van der Waals surface area contributed by atoms with E-state index in [1.165, 1.54) is 0 Å². The molecule has 0 spiro atoms. The van der Waals surface area contributed by atoms with Gasteiger partial charge < -0.3 is 19.1 Å². The highest BCUT2D eigenvalue weighted by Crippen LogP contribution is 2.28. The lowest BCUT2D eigenvalue weighted by molar-refractivity contribution is -0.130. The van der Waals surface area contributed by atoms with E-state index in [9.17, 15) is 4.79 Å². The Bertz CT molecular complexity index is 1090. The molecule has 0 unspecified atom stereocenters. The molecule has 0 bridgehead atoms. The highest BCUT2D eigenvalue weighted by molar-refractivity contribution is 5.79. The molecule has 0 fully saturated rings. The van der Waals surface area contributed by atoms with Gasteiger partial charge in [0.15, 0.2) is 11.5 Å². The average Bonchev–Trinajstić information content (AvgIpc) is 2.87. The van der Waals surface area contributed by atoms with E-state index in [0.717, 1.165) is 28.0 Å². The standard InChI is InChI=1S/C29H33NO4/c1-22(18-23-8-6-5-7-9-23)21-30(29(31)20-24-10-13-26(32-2)14-11-24)17-16-25-12-15-27(33-3)28(19-25)34-4/h5-15,18-19H,16-17,20-21H2,1-4H3/b22-18+. The molecule has 0 radical (unpaired) electrons. The second-order valence-electron chi connectivity index (χ2n) is 8.18. The molecule has 0 aliphatic heterocycles. The van der Waals surface area contributed by atoms with E-state index >= 15 is 0 Å². The summed E-state index contributed by atoms with van der Waals surface area (Å²) in [6, 6.07) is 23.7. The monoisotopic (exact) mass is 459 g/mol. The molecule has 5 nitrogen and oxygen atoms in total. The predicted octanol–water partition coefficient (Wildman–Crippen LogP) is 5.43. The van der Waals surface area contributed by atoms with Crippen molar-refractivity contribution >= 4 is 12.0 Å². The molecule has 0 aromatic heterocycles. The van der Waals surface area contributed by atoms with Crippen LogP contribution < -0.4 is 14.2 Å². The number of amides is 1. The largest absolute Gasteiger partial charge is 0.497 e. The normalized spacial score (nSPS) is 11.1. The van der Waals surface area contributed by atoms with Gasteiger partial charge in [0, 0.05) is 13.1 Å². The van der Waals surface area contributed by atoms with Gasteiger partial charge in [-0.3, -0.25) is 4.79 Å². The lowest BCUT2D eigenvalue weighted by atomic mass is 10.1. The molecule has 34 heavy (non-hydrogen) atoms. The first-order chi connectivity index (χ1) is 16.5. The van der Waals surface area contributed by atoms with Crippen LogP contribution in [0.4, 0.5) is 0 Å². The van der Waals surface area contributed by atoms with Gasteiger partial charge in [0.2, 0.25) is 5.91 Å². The van der Waals surface area contributed by atoms with Gasteiger partial charge in [-0.1, -0.05) is 60.2 Å². The van der Waals surface area contributed by atoms with Crippen molar-refractivity contribution in [3.8, 4) is 17.2 Å². The molecular formula is C29H33NO4. The maximum absolute atomic E-state index is 13.3.